The van der Waals surface area contributed by atoms with Crippen molar-refractivity contribution in [3.63, 3.8) is 0 Å². The minimum atomic E-state index is -0.912. The van der Waals surface area contributed by atoms with Crippen LogP contribution in [0.1, 0.15) is 33.1 Å². The normalized spacial score (nSPS) is 17.8. The van der Waals surface area contributed by atoms with E-state index < -0.39 is 5.97 Å². The molecule has 1 aliphatic heterocycles. The maximum Gasteiger partial charge on any atom is 0.317 e. The van der Waals surface area contributed by atoms with Crippen LogP contribution in [-0.2, 0) is 9.53 Å². The first kappa shape index (κ1) is 17.7. The molecule has 2 amide bonds. The Balaban J connectivity index is 2.40. The molecule has 0 aromatic carbocycles. The zero-order chi connectivity index (χ0) is 15.8. The molecule has 1 aliphatic rings. The van der Waals surface area contributed by atoms with Crippen molar-refractivity contribution in [2.75, 3.05) is 26.3 Å². The van der Waals surface area contributed by atoms with Crippen LogP contribution in [0.3, 0.4) is 0 Å². The van der Waals surface area contributed by atoms with Crippen LogP contribution in [-0.4, -0.2) is 65.6 Å². The Morgan fingerprint density at radius 1 is 1.33 bits per heavy atom. The number of carbonyl (C=O) groups excluding carboxylic acids is 1. The lowest BCUT2D eigenvalue weighted by Crippen LogP contribution is -2.50. The van der Waals surface area contributed by atoms with Gasteiger partial charge in [-0.25, -0.2) is 4.79 Å². The van der Waals surface area contributed by atoms with Gasteiger partial charge < -0.3 is 25.2 Å². The number of aliphatic carboxylic acids is 1. The summed E-state index contributed by atoms with van der Waals surface area (Å²) >= 11 is 0. The molecule has 1 atom stereocenters. The molecule has 0 bridgehead atoms. The molecule has 0 aromatic heterocycles. The number of carboxylic acid groups (broad SMARTS) is 1. The fourth-order valence-corrected chi connectivity index (χ4v) is 2.34. The van der Waals surface area contributed by atoms with Crippen LogP contribution in [0, 0.1) is 5.92 Å². The van der Waals surface area contributed by atoms with Crippen molar-refractivity contribution in [2.45, 2.75) is 45.3 Å². The number of amides is 2. The number of hydrogen-bond donors (Lipinski definition) is 3. The van der Waals surface area contributed by atoms with Crippen LogP contribution in [0.25, 0.3) is 0 Å². The summed E-state index contributed by atoms with van der Waals surface area (Å²) in [6, 6.07) is -0.575. The number of aliphatic hydroxyl groups excluding tert-OH is 1. The zero-order valence-electron chi connectivity index (χ0n) is 12.7. The standard InChI is InChI=1S/C14H26N2O5/c1-10(2)12(9-13(18)19)15-14(20)16-5-3-11(4-6-16)21-8-7-17/h10-12,17H,3-9H2,1-2H3,(H,15,20)(H,18,19). The van der Waals surface area contributed by atoms with E-state index in [0.29, 0.717) is 19.7 Å². The number of carboxylic acids is 1. The molecule has 1 rings (SSSR count). The second-order valence-corrected chi connectivity index (χ2v) is 5.68. The maximum absolute atomic E-state index is 12.2. The fourth-order valence-electron chi connectivity index (χ4n) is 2.34. The van der Waals surface area contributed by atoms with Gasteiger partial charge in [-0.15, -0.1) is 0 Å². The average molecular weight is 302 g/mol. The lowest BCUT2D eigenvalue weighted by atomic mass is 10.0. The molecule has 1 saturated heterocycles. The summed E-state index contributed by atoms with van der Waals surface area (Å²) in [4.78, 5) is 24.7. The van der Waals surface area contributed by atoms with Gasteiger partial charge in [0.2, 0.25) is 0 Å². The van der Waals surface area contributed by atoms with Gasteiger partial charge in [0.05, 0.1) is 25.7 Å². The van der Waals surface area contributed by atoms with Crippen molar-refractivity contribution in [3.8, 4) is 0 Å². The number of ether oxygens (including phenoxy) is 1. The molecule has 0 saturated carbocycles. The molecule has 1 fully saturated rings. The Morgan fingerprint density at radius 3 is 2.43 bits per heavy atom. The van der Waals surface area contributed by atoms with Crippen LogP contribution < -0.4 is 5.32 Å². The summed E-state index contributed by atoms with van der Waals surface area (Å²) in [5, 5.41) is 20.4. The highest BCUT2D eigenvalue weighted by Crippen LogP contribution is 2.14. The van der Waals surface area contributed by atoms with E-state index in [1.165, 1.54) is 0 Å². The van der Waals surface area contributed by atoms with Gasteiger partial charge in [0.1, 0.15) is 0 Å². The molecule has 7 nitrogen and oxygen atoms in total. The third kappa shape index (κ3) is 6.31. The second kappa shape index (κ2) is 8.84. The van der Waals surface area contributed by atoms with Crippen molar-refractivity contribution >= 4 is 12.0 Å². The molecule has 0 spiro atoms. The van der Waals surface area contributed by atoms with E-state index in [1.807, 2.05) is 13.8 Å². The van der Waals surface area contributed by atoms with Gasteiger partial charge in [-0.3, -0.25) is 4.79 Å². The first-order valence-corrected chi connectivity index (χ1v) is 7.43. The van der Waals surface area contributed by atoms with Crippen molar-refractivity contribution in [1.82, 2.24) is 10.2 Å². The van der Waals surface area contributed by atoms with E-state index in [1.54, 1.807) is 4.90 Å². The number of carbonyl (C=O) groups is 2. The summed E-state index contributed by atoms with van der Waals surface area (Å²) in [6.07, 6.45) is 1.48. The quantitative estimate of drug-likeness (QED) is 0.642. The molecular weight excluding hydrogens is 276 g/mol. The predicted molar refractivity (Wildman–Crippen MR) is 77.0 cm³/mol. The van der Waals surface area contributed by atoms with E-state index in [2.05, 4.69) is 5.32 Å². The summed E-state index contributed by atoms with van der Waals surface area (Å²) in [7, 11) is 0. The smallest absolute Gasteiger partial charge is 0.317 e. The lowest BCUT2D eigenvalue weighted by Gasteiger charge is -2.33. The molecule has 122 valence electrons. The largest absolute Gasteiger partial charge is 0.481 e. The van der Waals surface area contributed by atoms with Crippen molar-refractivity contribution in [2.24, 2.45) is 5.92 Å². The lowest BCUT2D eigenvalue weighted by molar-refractivity contribution is -0.137. The fraction of sp³-hybridized carbons (Fsp3) is 0.857. The number of nitrogens with zero attached hydrogens (tertiary/aromatic N) is 1. The number of hydrogen-bond acceptors (Lipinski definition) is 4. The number of nitrogens with one attached hydrogen (secondary N) is 1. The van der Waals surface area contributed by atoms with Crippen LogP contribution >= 0.6 is 0 Å². The van der Waals surface area contributed by atoms with Gasteiger partial charge in [-0.05, 0) is 18.8 Å². The highest BCUT2D eigenvalue weighted by molar-refractivity contribution is 5.76. The van der Waals surface area contributed by atoms with Gasteiger partial charge in [-0.1, -0.05) is 13.8 Å². The minimum absolute atomic E-state index is 0.00591. The maximum atomic E-state index is 12.2. The average Bonchev–Trinajstić information content (AvgIpc) is 2.44. The molecule has 0 radical (unpaired) electrons. The van der Waals surface area contributed by atoms with Crippen molar-refractivity contribution in [1.29, 1.82) is 0 Å². The highest BCUT2D eigenvalue weighted by atomic mass is 16.5. The van der Waals surface area contributed by atoms with Gasteiger partial charge in [0.25, 0.3) is 0 Å². The predicted octanol–water partition coefficient (Wildman–Crippen LogP) is 0.669. The van der Waals surface area contributed by atoms with Crippen molar-refractivity contribution in [3.05, 3.63) is 0 Å². The Hall–Kier alpha value is -1.34. The Kier molecular flexibility index (Phi) is 7.45. The Labute approximate surface area is 125 Å². The summed E-state index contributed by atoms with van der Waals surface area (Å²) in [5.74, 6) is -0.847. The number of likely N-dealkylation sites (tertiary alicyclic amines) is 1. The SMILES string of the molecule is CC(C)C(CC(=O)O)NC(=O)N1CCC(OCCO)CC1. The number of aliphatic hydroxyl groups is 1. The van der Waals surface area contributed by atoms with E-state index in [-0.39, 0.29) is 37.1 Å². The number of rotatable bonds is 7. The Morgan fingerprint density at radius 2 is 1.95 bits per heavy atom. The molecule has 3 N–H and O–H groups in total. The zero-order valence-corrected chi connectivity index (χ0v) is 12.7. The van der Waals surface area contributed by atoms with E-state index in [9.17, 15) is 9.59 Å². The molecule has 1 heterocycles. The van der Waals surface area contributed by atoms with Gasteiger partial charge in [-0.2, -0.15) is 0 Å². The summed E-state index contributed by atoms with van der Waals surface area (Å²) < 4.78 is 5.45. The van der Waals surface area contributed by atoms with Crippen molar-refractivity contribution < 1.29 is 24.5 Å². The molecule has 7 heteroatoms. The van der Waals surface area contributed by atoms with Gasteiger partial charge in [0, 0.05) is 19.1 Å². The molecular formula is C14H26N2O5. The molecule has 21 heavy (non-hydrogen) atoms. The second-order valence-electron chi connectivity index (χ2n) is 5.68. The monoisotopic (exact) mass is 302 g/mol. The van der Waals surface area contributed by atoms with Crippen LogP contribution in [0.15, 0.2) is 0 Å². The summed E-state index contributed by atoms with van der Waals surface area (Å²) in [6.45, 7) is 5.28. The molecule has 0 aromatic rings. The topological polar surface area (TPSA) is 99.1 Å². The molecule has 1 unspecified atom stereocenters. The van der Waals surface area contributed by atoms with Crippen LogP contribution in [0.2, 0.25) is 0 Å². The van der Waals surface area contributed by atoms with E-state index in [4.69, 9.17) is 14.9 Å². The summed E-state index contributed by atoms with van der Waals surface area (Å²) in [5.41, 5.74) is 0. The third-order valence-corrected chi connectivity index (χ3v) is 3.68. The minimum Gasteiger partial charge on any atom is -0.481 e. The highest BCUT2D eigenvalue weighted by Gasteiger charge is 2.26. The van der Waals surface area contributed by atoms with Gasteiger partial charge >= 0.3 is 12.0 Å². The third-order valence-electron chi connectivity index (χ3n) is 3.68. The first-order chi connectivity index (χ1) is 9.93. The van der Waals surface area contributed by atoms with Crippen LogP contribution in [0.4, 0.5) is 4.79 Å². The van der Waals surface area contributed by atoms with Gasteiger partial charge in [0.15, 0.2) is 0 Å². The van der Waals surface area contributed by atoms with E-state index >= 15 is 0 Å². The number of piperidine rings is 1. The molecule has 0 aliphatic carbocycles. The first-order valence-electron chi connectivity index (χ1n) is 7.43. The van der Waals surface area contributed by atoms with E-state index in [0.717, 1.165) is 12.8 Å². The number of urea groups is 1. The Bertz CT molecular complexity index is 340. The van der Waals surface area contributed by atoms with Crippen LogP contribution in [0.5, 0.6) is 0 Å².